The molecule has 0 saturated heterocycles. The van der Waals surface area contributed by atoms with Gasteiger partial charge in [-0.15, -0.1) is 0 Å². The second-order valence-corrected chi connectivity index (χ2v) is 7.78. The highest BCUT2D eigenvalue weighted by Crippen LogP contribution is 2.30. The van der Waals surface area contributed by atoms with Crippen molar-refractivity contribution in [1.29, 1.82) is 0 Å². The van der Waals surface area contributed by atoms with E-state index in [0.717, 1.165) is 27.7 Å². The Hall–Kier alpha value is -3.50. The fourth-order valence-electron chi connectivity index (χ4n) is 3.80. The summed E-state index contributed by atoms with van der Waals surface area (Å²) in [5.41, 5.74) is 4.74. The lowest BCUT2D eigenvalue weighted by Gasteiger charge is -2.14. The minimum Gasteiger partial charge on any atom is -0.268 e. The first-order valence-electron chi connectivity index (χ1n) is 9.68. The molecule has 5 rings (SSSR count). The van der Waals surface area contributed by atoms with Crippen molar-refractivity contribution in [3.05, 3.63) is 99.6 Å². The molecule has 5 aromatic rings. The van der Waals surface area contributed by atoms with Crippen molar-refractivity contribution in [2.45, 2.75) is 13.8 Å². The largest absolute Gasteiger partial charge is 0.268 e. The van der Waals surface area contributed by atoms with Gasteiger partial charge in [0.05, 0.1) is 22.3 Å². The lowest BCUT2D eigenvalue weighted by molar-refractivity contribution is 0.895. The zero-order chi connectivity index (χ0) is 20.8. The average molecular weight is 412 g/mol. The van der Waals surface area contributed by atoms with Crippen LogP contribution in [0.15, 0.2) is 77.6 Å². The molecule has 2 aromatic heterocycles. The lowest BCUT2D eigenvalue weighted by atomic mass is 10.0. The van der Waals surface area contributed by atoms with E-state index in [9.17, 15) is 4.79 Å². The fourth-order valence-corrected chi connectivity index (χ4v) is 3.93. The van der Waals surface area contributed by atoms with Gasteiger partial charge in [-0.05, 0) is 44.2 Å². The molecule has 4 nitrogen and oxygen atoms in total. The van der Waals surface area contributed by atoms with Gasteiger partial charge in [0.2, 0.25) is 0 Å². The molecule has 0 bridgehead atoms. The third kappa shape index (κ3) is 2.97. The van der Waals surface area contributed by atoms with Crippen molar-refractivity contribution < 1.29 is 0 Å². The fraction of sp³-hybridized carbons (Fsp3) is 0.0800. The predicted octanol–water partition coefficient (Wildman–Crippen LogP) is 5.87. The standard InChI is InChI=1S/C25H18ClN3O/c1-15-7-13-19(14-8-15)29-16(2)27-24-22(25(29)30)20-5-3-4-6-21(20)28-23(24)17-9-11-18(26)12-10-17/h3-14H,1-2H3. The number of aromatic nitrogens is 3. The summed E-state index contributed by atoms with van der Waals surface area (Å²) in [5, 5.41) is 2.01. The van der Waals surface area contributed by atoms with E-state index in [1.807, 2.05) is 86.6 Å². The number of fused-ring (bicyclic) bond motifs is 3. The van der Waals surface area contributed by atoms with E-state index in [2.05, 4.69) is 0 Å². The third-order valence-corrected chi connectivity index (χ3v) is 5.54. The van der Waals surface area contributed by atoms with E-state index in [-0.39, 0.29) is 5.56 Å². The van der Waals surface area contributed by atoms with Gasteiger partial charge in [0.1, 0.15) is 11.3 Å². The first-order valence-corrected chi connectivity index (χ1v) is 10.1. The zero-order valence-electron chi connectivity index (χ0n) is 16.6. The number of para-hydroxylation sites is 1. The molecule has 30 heavy (non-hydrogen) atoms. The molecule has 0 radical (unpaired) electrons. The Morgan fingerprint density at radius 3 is 2.27 bits per heavy atom. The van der Waals surface area contributed by atoms with Gasteiger partial charge >= 0.3 is 0 Å². The molecule has 0 fully saturated rings. The van der Waals surface area contributed by atoms with Crippen molar-refractivity contribution in [2.75, 3.05) is 0 Å². The predicted molar refractivity (Wildman–Crippen MR) is 123 cm³/mol. The molecule has 0 aliphatic rings. The number of benzene rings is 3. The molecule has 0 atom stereocenters. The average Bonchev–Trinajstić information content (AvgIpc) is 2.75. The number of hydrogen-bond acceptors (Lipinski definition) is 3. The van der Waals surface area contributed by atoms with Crippen LogP contribution in [0.4, 0.5) is 0 Å². The highest BCUT2D eigenvalue weighted by molar-refractivity contribution is 6.30. The van der Waals surface area contributed by atoms with E-state index >= 15 is 0 Å². The van der Waals surface area contributed by atoms with Crippen LogP contribution in [0.1, 0.15) is 11.4 Å². The van der Waals surface area contributed by atoms with E-state index in [4.69, 9.17) is 21.6 Å². The summed E-state index contributed by atoms with van der Waals surface area (Å²) in [6.07, 6.45) is 0. The summed E-state index contributed by atoms with van der Waals surface area (Å²) >= 11 is 6.07. The summed E-state index contributed by atoms with van der Waals surface area (Å²) in [6, 6.07) is 23.0. The molecule has 0 saturated carbocycles. The van der Waals surface area contributed by atoms with Gasteiger partial charge in [-0.2, -0.15) is 0 Å². The minimum atomic E-state index is -0.102. The van der Waals surface area contributed by atoms with Gasteiger partial charge in [-0.1, -0.05) is 59.6 Å². The molecule has 0 aliphatic carbocycles. The maximum Gasteiger partial charge on any atom is 0.266 e. The number of halogens is 1. The summed E-state index contributed by atoms with van der Waals surface area (Å²) in [5.74, 6) is 0.614. The van der Waals surface area contributed by atoms with Crippen LogP contribution in [0.3, 0.4) is 0 Å². The normalized spacial score (nSPS) is 11.3. The first-order chi connectivity index (χ1) is 14.5. The molecule has 3 aromatic carbocycles. The van der Waals surface area contributed by atoms with Crippen LogP contribution in [-0.2, 0) is 0 Å². The van der Waals surface area contributed by atoms with Crippen LogP contribution in [-0.4, -0.2) is 14.5 Å². The second kappa shape index (κ2) is 7.08. The van der Waals surface area contributed by atoms with Crippen molar-refractivity contribution in [3.63, 3.8) is 0 Å². The molecular weight excluding hydrogens is 394 g/mol. The molecule has 0 aliphatic heterocycles. The highest BCUT2D eigenvalue weighted by Gasteiger charge is 2.18. The van der Waals surface area contributed by atoms with Crippen LogP contribution in [0, 0.1) is 13.8 Å². The number of aryl methyl sites for hydroxylation is 2. The quantitative estimate of drug-likeness (QED) is 0.341. The zero-order valence-corrected chi connectivity index (χ0v) is 17.3. The molecule has 0 unspecified atom stereocenters. The first kappa shape index (κ1) is 18.5. The summed E-state index contributed by atoms with van der Waals surface area (Å²) < 4.78 is 1.67. The van der Waals surface area contributed by atoms with Crippen molar-refractivity contribution in [2.24, 2.45) is 0 Å². The summed E-state index contributed by atoms with van der Waals surface area (Å²) in [7, 11) is 0. The van der Waals surface area contributed by atoms with Crippen LogP contribution in [0.5, 0.6) is 0 Å². The van der Waals surface area contributed by atoms with Gasteiger partial charge < -0.3 is 0 Å². The SMILES string of the molecule is Cc1ccc(-n2c(C)nc3c(-c4ccc(Cl)cc4)nc4ccccc4c3c2=O)cc1. The number of pyridine rings is 1. The molecule has 2 heterocycles. The van der Waals surface area contributed by atoms with Gasteiger partial charge in [0.15, 0.2) is 0 Å². The highest BCUT2D eigenvalue weighted by atomic mass is 35.5. The lowest BCUT2D eigenvalue weighted by Crippen LogP contribution is -2.23. The molecular formula is C25H18ClN3O. The van der Waals surface area contributed by atoms with Crippen LogP contribution in [0.25, 0.3) is 38.8 Å². The van der Waals surface area contributed by atoms with Gasteiger partial charge in [-0.25, -0.2) is 9.97 Å². The molecule has 5 heteroatoms. The molecule has 0 spiro atoms. The maximum absolute atomic E-state index is 13.8. The van der Waals surface area contributed by atoms with E-state index in [1.165, 1.54) is 0 Å². The number of rotatable bonds is 2. The number of nitrogens with zero attached hydrogens (tertiary/aromatic N) is 3. The van der Waals surface area contributed by atoms with Gasteiger partial charge in [0, 0.05) is 16.0 Å². The molecule has 146 valence electrons. The Labute approximate surface area is 178 Å². The third-order valence-electron chi connectivity index (χ3n) is 5.29. The summed E-state index contributed by atoms with van der Waals surface area (Å²) in [4.78, 5) is 23.5. The minimum absolute atomic E-state index is 0.102. The van der Waals surface area contributed by atoms with Crippen LogP contribution >= 0.6 is 11.6 Å². The van der Waals surface area contributed by atoms with Gasteiger partial charge in [-0.3, -0.25) is 9.36 Å². The number of hydrogen-bond donors (Lipinski definition) is 0. The van der Waals surface area contributed by atoms with Crippen molar-refractivity contribution >= 4 is 33.4 Å². The van der Waals surface area contributed by atoms with Crippen LogP contribution in [0.2, 0.25) is 5.02 Å². The molecule has 0 N–H and O–H groups in total. The Morgan fingerprint density at radius 1 is 0.833 bits per heavy atom. The Kier molecular flexibility index (Phi) is 4.37. The van der Waals surface area contributed by atoms with Crippen molar-refractivity contribution in [1.82, 2.24) is 14.5 Å². The Morgan fingerprint density at radius 2 is 1.53 bits per heavy atom. The van der Waals surface area contributed by atoms with E-state index < -0.39 is 0 Å². The molecule has 0 amide bonds. The smallest absolute Gasteiger partial charge is 0.266 e. The summed E-state index contributed by atoms with van der Waals surface area (Å²) in [6.45, 7) is 3.87. The van der Waals surface area contributed by atoms with Crippen LogP contribution < -0.4 is 5.56 Å². The monoisotopic (exact) mass is 411 g/mol. The second-order valence-electron chi connectivity index (χ2n) is 7.34. The maximum atomic E-state index is 13.8. The Bertz CT molecular complexity index is 1470. The van der Waals surface area contributed by atoms with E-state index in [1.54, 1.807) is 4.57 Å². The Balaban J connectivity index is 1.93. The van der Waals surface area contributed by atoms with Gasteiger partial charge in [0.25, 0.3) is 5.56 Å². The topological polar surface area (TPSA) is 47.8 Å². The van der Waals surface area contributed by atoms with Crippen molar-refractivity contribution in [3.8, 4) is 16.9 Å². The van der Waals surface area contributed by atoms with E-state index in [0.29, 0.717) is 27.4 Å².